The van der Waals surface area contributed by atoms with Gasteiger partial charge in [0, 0.05) is 11.3 Å². The van der Waals surface area contributed by atoms with Crippen LogP contribution in [0.15, 0.2) is 42.5 Å². The molecule has 9 heteroatoms. The van der Waals surface area contributed by atoms with Gasteiger partial charge in [0.2, 0.25) is 11.8 Å². The van der Waals surface area contributed by atoms with Crippen LogP contribution in [-0.4, -0.2) is 29.2 Å². The highest BCUT2D eigenvalue weighted by Gasteiger charge is 2.34. The third-order valence-corrected chi connectivity index (χ3v) is 4.32. The number of rotatable bonds is 3. The second-order valence-corrected chi connectivity index (χ2v) is 6.27. The molecule has 1 aliphatic heterocycles. The average Bonchev–Trinajstić information content (AvgIpc) is 2.59. The Morgan fingerprint density at radius 3 is 2.56 bits per heavy atom. The van der Waals surface area contributed by atoms with E-state index in [2.05, 4.69) is 5.32 Å². The summed E-state index contributed by atoms with van der Waals surface area (Å²) in [5.74, 6) is -1.98. The Balaban J connectivity index is 1.75. The van der Waals surface area contributed by atoms with Crippen LogP contribution in [0.25, 0.3) is 0 Å². The van der Waals surface area contributed by atoms with E-state index < -0.39 is 41.0 Å². The van der Waals surface area contributed by atoms with Crippen molar-refractivity contribution in [3.63, 3.8) is 0 Å². The van der Waals surface area contributed by atoms with Crippen LogP contribution in [0.5, 0.6) is 0 Å². The van der Waals surface area contributed by atoms with Crippen LogP contribution in [0, 0.1) is 0 Å². The summed E-state index contributed by atoms with van der Waals surface area (Å²) < 4.78 is 38.7. The number of benzene rings is 2. The van der Waals surface area contributed by atoms with Gasteiger partial charge in [-0.15, -0.1) is 0 Å². The van der Waals surface area contributed by atoms with Gasteiger partial charge in [0.15, 0.2) is 0 Å². The van der Waals surface area contributed by atoms with Crippen molar-refractivity contribution in [2.45, 2.75) is 12.6 Å². The fourth-order valence-corrected chi connectivity index (χ4v) is 2.95. The van der Waals surface area contributed by atoms with Crippen molar-refractivity contribution in [2.75, 3.05) is 11.9 Å². The first-order chi connectivity index (χ1) is 12.7. The summed E-state index contributed by atoms with van der Waals surface area (Å²) in [4.78, 5) is 37.5. The van der Waals surface area contributed by atoms with E-state index in [1.54, 1.807) is 24.3 Å². The molecule has 0 aliphatic carbocycles. The Labute approximate surface area is 156 Å². The SMILES string of the molecule is O=C(CN1C(=O)Cc2ccccc2C1=O)Nc1ccc(Cl)c(C(F)(F)F)c1. The molecule has 0 saturated heterocycles. The minimum Gasteiger partial charge on any atom is -0.325 e. The molecule has 3 amide bonds. The van der Waals surface area contributed by atoms with Crippen molar-refractivity contribution in [3.05, 3.63) is 64.2 Å². The molecule has 1 aliphatic rings. The summed E-state index contributed by atoms with van der Waals surface area (Å²) in [5.41, 5.74) is -0.359. The zero-order valence-corrected chi connectivity index (χ0v) is 14.4. The van der Waals surface area contributed by atoms with Gasteiger partial charge >= 0.3 is 6.18 Å². The lowest BCUT2D eigenvalue weighted by Crippen LogP contribution is -2.46. The van der Waals surface area contributed by atoms with E-state index in [4.69, 9.17) is 11.6 Å². The van der Waals surface area contributed by atoms with Gasteiger partial charge in [0.1, 0.15) is 6.54 Å². The summed E-state index contributed by atoms with van der Waals surface area (Å²) in [7, 11) is 0. The molecule has 27 heavy (non-hydrogen) atoms. The van der Waals surface area contributed by atoms with Crippen LogP contribution in [0.1, 0.15) is 21.5 Å². The smallest absolute Gasteiger partial charge is 0.325 e. The number of alkyl halides is 3. The Morgan fingerprint density at radius 2 is 1.85 bits per heavy atom. The molecule has 0 saturated carbocycles. The molecular weight excluding hydrogens is 385 g/mol. The minimum atomic E-state index is -4.68. The van der Waals surface area contributed by atoms with Crippen molar-refractivity contribution >= 4 is 35.0 Å². The lowest BCUT2D eigenvalue weighted by atomic mass is 9.98. The summed E-state index contributed by atoms with van der Waals surface area (Å²) in [6.45, 7) is -0.601. The lowest BCUT2D eigenvalue weighted by molar-refractivity contribution is -0.137. The fourth-order valence-electron chi connectivity index (χ4n) is 2.72. The van der Waals surface area contributed by atoms with Gasteiger partial charge in [-0.25, -0.2) is 0 Å². The summed E-state index contributed by atoms with van der Waals surface area (Å²) in [6, 6.07) is 9.42. The number of amides is 3. The molecule has 2 aromatic carbocycles. The molecule has 0 atom stereocenters. The van der Waals surface area contributed by atoms with Crippen LogP contribution in [0.4, 0.5) is 18.9 Å². The first-order valence-corrected chi connectivity index (χ1v) is 8.14. The maximum atomic E-state index is 12.9. The van der Waals surface area contributed by atoms with E-state index in [0.29, 0.717) is 17.2 Å². The molecule has 2 aromatic rings. The van der Waals surface area contributed by atoms with E-state index in [0.717, 1.165) is 11.0 Å². The number of hydrogen-bond donors (Lipinski definition) is 1. The van der Waals surface area contributed by atoms with Gasteiger partial charge < -0.3 is 5.32 Å². The summed E-state index contributed by atoms with van der Waals surface area (Å²) >= 11 is 5.53. The first kappa shape index (κ1) is 18.9. The van der Waals surface area contributed by atoms with Gasteiger partial charge in [-0.3, -0.25) is 19.3 Å². The van der Waals surface area contributed by atoms with E-state index in [1.165, 1.54) is 6.07 Å². The van der Waals surface area contributed by atoms with Crippen LogP contribution in [0.2, 0.25) is 5.02 Å². The zero-order chi connectivity index (χ0) is 19.8. The molecule has 1 heterocycles. The van der Waals surface area contributed by atoms with Crippen molar-refractivity contribution in [3.8, 4) is 0 Å². The van der Waals surface area contributed by atoms with E-state index in [1.807, 2.05) is 0 Å². The van der Waals surface area contributed by atoms with E-state index >= 15 is 0 Å². The number of hydrogen-bond acceptors (Lipinski definition) is 3. The Bertz CT molecular complexity index is 944. The number of nitrogens with zero attached hydrogens (tertiary/aromatic N) is 1. The Hall–Kier alpha value is -2.87. The molecule has 5 nitrogen and oxygen atoms in total. The fraction of sp³-hybridized carbons (Fsp3) is 0.167. The van der Waals surface area contributed by atoms with Crippen LogP contribution in [0.3, 0.4) is 0 Å². The predicted molar refractivity (Wildman–Crippen MR) is 91.3 cm³/mol. The largest absolute Gasteiger partial charge is 0.417 e. The average molecular weight is 397 g/mol. The summed E-state index contributed by atoms with van der Waals surface area (Å²) in [5, 5.41) is 1.75. The maximum Gasteiger partial charge on any atom is 0.417 e. The standard InChI is InChI=1S/C18H12ClF3N2O3/c19-14-6-5-11(8-13(14)18(20,21)22)23-15(25)9-24-16(26)7-10-3-1-2-4-12(10)17(24)27/h1-6,8H,7,9H2,(H,23,25). The Morgan fingerprint density at radius 1 is 1.15 bits per heavy atom. The molecule has 0 fully saturated rings. The second kappa shape index (κ2) is 7.03. The molecule has 0 unspecified atom stereocenters. The highest BCUT2D eigenvalue weighted by Crippen LogP contribution is 2.36. The van der Waals surface area contributed by atoms with Gasteiger partial charge in [0.05, 0.1) is 17.0 Å². The quantitative estimate of drug-likeness (QED) is 0.807. The maximum absolute atomic E-state index is 12.9. The van der Waals surface area contributed by atoms with E-state index in [9.17, 15) is 27.6 Å². The normalized spacial score (nSPS) is 14.1. The topological polar surface area (TPSA) is 66.5 Å². The lowest BCUT2D eigenvalue weighted by Gasteiger charge is -2.26. The van der Waals surface area contributed by atoms with Crippen LogP contribution >= 0.6 is 11.6 Å². The monoisotopic (exact) mass is 396 g/mol. The van der Waals surface area contributed by atoms with Crippen LogP contribution in [-0.2, 0) is 22.2 Å². The Kier molecular flexibility index (Phi) is 4.93. The predicted octanol–water partition coefficient (Wildman–Crippen LogP) is 3.52. The first-order valence-electron chi connectivity index (χ1n) is 7.76. The second-order valence-electron chi connectivity index (χ2n) is 5.86. The van der Waals surface area contributed by atoms with Gasteiger partial charge in [0.25, 0.3) is 5.91 Å². The van der Waals surface area contributed by atoms with Crippen LogP contribution < -0.4 is 5.32 Å². The number of halogens is 4. The minimum absolute atomic E-state index is 0.0334. The molecule has 0 radical (unpaired) electrons. The molecule has 0 spiro atoms. The van der Waals surface area contributed by atoms with Crippen molar-refractivity contribution in [2.24, 2.45) is 0 Å². The zero-order valence-electron chi connectivity index (χ0n) is 13.6. The van der Waals surface area contributed by atoms with Gasteiger partial charge in [-0.05, 0) is 29.8 Å². The number of carbonyl (C=O) groups excluding carboxylic acids is 3. The highest BCUT2D eigenvalue weighted by atomic mass is 35.5. The number of fused-ring (bicyclic) bond motifs is 1. The molecule has 3 rings (SSSR count). The van der Waals surface area contributed by atoms with Crippen molar-refractivity contribution in [1.29, 1.82) is 0 Å². The molecular formula is C18H12ClF3N2O3. The van der Waals surface area contributed by atoms with Crippen molar-refractivity contribution in [1.82, 2.24) is 4.90 Å². The third-order valence-electron chi connectivity index (χ3n) is 3.99. The number of imide groups is 1. The highest BCUT2D eigenvalue weighted by molar-refractivity contribution is 6.31. The summed E-state index contributed by atoms with van der Waals surface area (Å²) in [6.07, 6.45) is -4.71. The number of nitrogens with one attached hydrogen (secondary N) is 1. The van der Waals surface area contributed by atoms with Crippen molar-refractivity contribution < 1.29 is 27.6 Å². The molecule has 140 valence electrons. The molecule has 0 aromatic heterocycles. The number of carbonyl (C=O) groups is 3. The molecule has 1 N–H and O–H groups in total. The number of anilines is 1. The van der Waals surface area contributed by atoms with Gasteiger partial charge in [-0.2, -0.15) is 13.2 Å². The van der Waals surface area contributed by atoms with E-state index in [-0.39, 0.29) is 12.1 Å². The van der Waals surface area contributed by atoms with Gasteiger partial charge in [-0.1, -0.05) is 29.8 Å². The molecule has 0 bridgehead atoms. The third kappa shape index (κ3) is 3.95.